The maximum absolute atomic E-state index is 12.8. The van der Waals surface area contributed by atoms with Crippen molar-refractivity contribution in [2.45, 2.75) is 32.0 Å². The number of pyridine rings is 1. The molecular weight excluding hydrogens is 517 g/mol. The summed E-state index contributed by atoms with van der Waals surface area (Å²) in [6.07, 6.45) is -5.60. The minimum Gasteiger partial charge on any atom is -0.475 e. The molecule has 39 heavy (non-hydrogen) atoms. The zero-order valence-corrected chi connectivity index (χ0v) is 22.2. The van der Waals surface area contributed by atoms with E-state index >= 15 is 0 Å². The number of aliphatic hydroxyl groups is 1. The Hall–Kier alpha value is -3.09. The van der Waals surface area contributed by atoms with E-state index in [2.05, 4.69) is 15.2 Å². The average Bonchev–Trinajstić information content (AvgIpc) is 3.36. The molecule has 0 radical (unpaired) electrons. The number of aryl methyl sites for hydroxylation is 1. The van der Waals surface area contributed by atoms with Crippen LogP contribution in [0.15, 0.2) is 30.3 Å². The van der Waals surface area contributed by atoms with Gasteiger partial charge in [-0.1, -0.05) is 6.07 Å². The molecule has 2 saturated heterocycles. The number of urea groups is 1. The van der Waals surface area contributed by atoms with E-state index in [1.807, 2.05) is 25.1 Å². The quantitative estimate of drug-likeness (QED) is 0.484. The summed E-state index contributed by atoms with van der Waals surface area (Å²) in [5.41, 5.74) is 3.12. The monoisotopic (exact) mass is 552 g/mol. The van der Waals surface area contributed by atoms with E-state index in [4.69, 9.17) is 14.2 Å². The predicted octanol–water partition coefficient (Wildman–Crippen LogP) is 4.09. The number of halogens is 3. The number of rotatable bonds is 9. The lowest BCUT2D eigenvalue weighted by Crippen LogP contribution is -2.36. The van der Waals surface area contributed by atoms with Gasteiger partial charge in [0.25, 0.3) is 0 Å². The lowest BCUT2D eigenvalue weighted by atomic mass is 10.0. The highest BCUT2D eigenvalue weighted by Gasteiger charge is 2.36. The Morgan fingerprint density at radius 2 is 1.97 bits per heavy atom. The number of benzene rings is 1. The minimum atomic E-state index is -4.24. The van der Waals surface area contributed by atoms with Gasteiger partial charge in [-0.2, -0.15) is 18.2 Å². The van der Waals surface area contributed by atoms with Crippen molar-refractivity contribution in [3.8, 4) is 17.0 Å². The first-order chi connectivity index (χ1) is 18.6. The van der Waals surface area contributed by atoms with Gasteiger partial charge in [0.15, 0.2) is 0 Å². The van der Waals surface area contributed by atoms with Gasteiger partial charge in [-0.05, 0) is 54.2 Å². The molecule has 2 N–H and O–H groups in total. The summed E-state index contributed by atoms with van der Waals surface area (Å²) >= 11 is 0. The zero-order valence-electron chi connectivity index (χ0n) is 22.2. The predicted molar refractivity (Wildman–Crippen MR) is 140 cm³/mol. The van der Waals surface area contributed by atoms with E-state index in [9.17, 15) is 23.1 Å². The normalized spacial score (nSPS) is 18.8. The molecule has 0 saturated carbocycles. The smallest absolute Gasteiger partial charge is 0.389 e. The second kappa shape index (κ2) is 12.8. The van der Waals surface area contributed by atoms with Crippen LogP contribution in [-0.2, 0) is 9.47 Å². The summed E-state index contributed by atoms with van der Waals surface area (Å²) in [6, 6.07) is 8.77. The molecule has 2 aliphatic rings. The highest BCUT2D eigenvalue weighted by molar-refractivity contribution is 5.90. The molecule has 2 aromatic rings. The van der Waals surface area contributed by atoms with Gasteiger partial charge >= 0.3 is 12.2 Å². The number of anilines is 2. The molecule has 1 aromatic carbocycles. The van der Waals surface area contributed by atoms with E-state index in [0.717, 1.165) is 16.7 Å². The third kappa shape index (κ3) is 8.20. The van der Waals surface area contributed by atoms with Crippen LogP contribution in [0, 0.1) is 12.8 Å². The SMILES string of the molecule is COC[C@H](O)COc1cc(-c2cc(NC(=O)N3CC[C@H](CC(F)(F)F)C3)ccc2C)cc(N2CCOCC2)n1. The Morgan fingerprint density at radius 3 is 2.69 bits per heavy atom. The molecule has 2 amide bonds. The second-order valence-electron chi connectivity index (χ2n) is 9.95. The van der Waals surface area contributed by atoms with E-state index in [1.54, 1.807) is 12.1 Å². The van der Waals surface area contributed by atoms with Gasteiger partial charge in [-0.25, -0.2) is 4.79 Å². The summed E-state index contributed by atoms with van der Waals surface area (Å²) in [5.74, 6) is 0.458. The van der Waals surface area contributed by atoms with Crippen LogP contribution in [0.2, 0.25) is 0 Å². The Labute approximate surface area is 225 Å². The highest BCUT2D eigenvalue weighted by atomic mass is 19.4. The Kier molecular flexibility index (Phi) is 9.52. The fraction of sp³-hybridized carbons (Fsp3) is 0.556. The molecule has 9 nitrogen and oxygen atoms in total. The largest absolute Gasteiger partial charge is 0.475 e. The first-order valence-corrected chi connectivity index (χ1v) is 13.0. The lowest BCUT2D eigenvalue weighted by Gasteiger charge is -2.28. The second-order valence-corrected chi connectivity index (χ2v) is 9.95. The van der Waals surface area contributed by atoms with Crippen molar-refractivity contribution in [3.05, 3.63) is 35.9 Å². The summed E-state index contributed by atoms with van der Waals surface area (Å²) in [7, 11) is 1.50. The molecule has 0 bridgehead atoms. The van der Waals surface area contributed by atoms with E-state index < -0.39 is 30.7 Å². The molecule has 1 aromatic heterocycles. The standard InChI is InChI=1S/C27H35F3N4O5/c1-18-3-4-21(31-26(36)34-6-5-19(15-34)14-27(28,29)30)13-23(18)20-11-24(33-7-9-38-10-8-33)32-25(12-20)39-17-22(35)16-37-2/h3-4,11-13,19,22,35H,5-10,14-17H2,1-2H3,(H,31,36)/t19-,22+/m1/s1. The van der Waals surface area contributed by atoms with Crippen LogP contribution in [0.4, 0.5) is 29.5 Å². The van der Waals surface area contributed by atoms with E-state index in [0.29, 0.717) is 50.1 Å². The van der Waals surface area contributed by atoms with Crippen LogP contribution in [-0.4, -0.2) is 93.0 Å². The number of methoxy groups -OCH3 is 1. The number of amides is 2. The fourth-order valence-corrected chi connectivity index (χ4v) is 4.82. The van der Waals surface area contributed by atoms with Crippen molar-refractivity contribution in [1.82, 2.24) is 9.88 Å². The molecule has 2 aliphatic heterocycles. The Bertz CT molecular complexity index is 1130. The maximum Gasteiger partial charge on any atom is 0.389 e. The molecule has 214 valence electrons. The third-order valence-corrected chi connectivity index (χ3v) is 6.80. The minimum absolute atomic E-state index is 0.00703. The number of carbonyl (C=O) groups is 1. The van der Waals surface area contributed by atoms with Gasteiger partial charge in [0.1, 0.15) is 18.5 Å². The van der Waals surface area contributed by atoms with Crippen molar-refractivity contribution in [2.24, 2.45) is 5.92 Å². The topological polar surface area (TPSA) is 96.4 Å². The summed E-state index contributed by atoms with van der Waals surface area (Å²) in [4.78, 5) is 21.0. The van der Waals surface area contributed by atoms with Crippen LogP contribution in [0.5, 0.6) is 5.88 Å². The van der Waals surface area contributed by atoms with Crippen LogP contribution >= 0.6 is 0 Å². The molecule has 12 heteroatoms. The third-order valence-electron chi connectivity index (χ3n) is 6.80. The number of nitrogens with one attached hydrogen (secondary N) is 1. The van der Waals surface area contributed by atoms with Gasteiger partial charge in [0.05, 0.1) is 19.8 Å². The van der Waals surface area contributed by atoms with Gasteiger partial charge in [0.2, 0.25) is 5.88 Å². The van der Waals surface area contributed by atoms with Crippen LogP contribution in [0.25, 0.3) is 11.1 Å². The summed E-state index contributed by atoms with van der Waals surface area (Å²) in [6.45, 7) is 4.94. The Morgan fingerprint density at radius 1 is 1.21 bits per heavy atom. The highest BCUT2D eigenvalue weighted by Crippen LogP contribution is 2.33. The first-order valence-electron chi connectivity index (χ1n) is 13.0. The van der Waals surface area contributed by atoms with Crippen molar-refractivity contribution >= 4 is 17.5 Å². The molecular formula is C27H35F3N4O5. The van der Waals surface area contributed by atoms with Gasteiger partial charge in [-0.15, -0.1) is 0 Å². The molecule has 0 spiro atoms. The number of ether oxygens (including phenoxy) is 3. The summed E-state index contributed by atoms with van der Waals surface area (Å²) in [5, 5.41) is 12.9. The number of nitrogens with zero attached hydrogens (tertiary/aromatic N) is 3. The number of likely N-dealkylation sites (tertiary alicyclic amines) is 1. The van der Waals surface area contributed by atoms with E-state index in [-0.39, 0.29) is 26.3 Å². The van der Waals surface area contributed by atoms with Crippen LogP contribution in [0.3, 0.4) is 0 Å². The molecule has 0 unspecified atom stereocenters. The number of aliphatic hydroxyl groups excluding tert-OH is 1. The van der Waals surface area contributed by atoms with Crippen LogP contribution in [0.1, 0.15) is 18.4 Å². The first kappa shape index (κ1) is 28.9. The Balaban J connectivity index is 1.54. The number of aromatic nitrogens is 1. The molecule has 2 fully saturated rings. The van der Waals surface area contributed by atoms with Crippen molar-refractivity contribution in [3.63, 3.8) is 0 Å². The van der Waals surface area contributed by atoms with E-state index in [1.165, 1.54) is 12.0 Å². The van der Waals surface area contributed by atoms with Gasteiger partial charge in [0, 0.05) is 51.5 Å². The van der Waals surface area contributed by atoms with Crippen molar-refractivity contribution in [1.29, 1.82) is 0 Å². The fourth-order valence-electron chi connectivity index (χ4n) is 4.82. The maximum atomic E-state index is 12.8. The molecule has 2 atom stereocenters. The number of carbonyl (C=O) groups excluding carboxylic acids is 1. The number of hydrogen-bond acceptors (Lipinski definition) is 7. The number of alkyl halides is 3. The van der Waals surface area contributed by atoms with Gasteiger partial charge < -0.3 is 34.4 Å². The molecule has 4 rings (SSSR count). The lowest BCUT2D eigenvalue weighted by molar-refractivity contribution is -0.143. The van der Waals surface area contributed by atoms with Crippen molar-refractivity contribution in [2.75, 3.05) is 69.9 Å². The molecule has 3 heterocycles. The number of morpholine rings is 1. The van der Waals surface area contributed by atoms with Gasteiger partial charge in [-0.3, -0.25) is 0 Å². The van der Waals surface area contributed by atoms with Crippen molar-refractivity contribution < 1.29 is 37.3 Å². The number of hydrogen-bond donors (Lipinski definition) is 2. The van der Waals surface area contributed by atoms with Crippen LogP contribution < -0.4 is 15.0 Å². The summed E-state index contributed by atoms with van der Waals surface area (Å²) < 4.78 is 54.5. The average molecular weight is 553 g/mol. The molecule has 0 aliphatic carbocycles. The zero-order chi connectivity index (χ0) is 28.0.